The third kappa shape index (κ3) is 2.76. The number of hydrogen-bond acceptors (Lipinski definition) is 2. The molecule has 0 unspecified atom stereocenters. The van der Waals surface area contributed by atoms with Gasteiger partial charge in [-0.3, -0.25) is 4.90 Å². The van der Waals surface area contributed by atoms with Gasteiger partial charge in [0.15, 0.2) is 0 Å². The van der Waals surface area contributed by atoms with E-state index in [1.165, 1.54) is 17.5 Å². The first-order valence-corrected chi connectivity index (χ1v) is 6.26. The second-order valence-corrected chi connectivity index (χ2v) is 5.08. The van der Waals surface area contributed by atoms with Crippen LogP contribution in [0.5, 0.6) is 0 Å². The van der Waals surface area contributed by atoms with E-state index in [1.54, 1.807) is 0 Å². The lowest BCUT2D eigenvalue weighted by atomic mass is 10.0. The highest BCUT2D eigenvalue weighted by Gasteiger charge is 2.18. The van der Waals surface area contributed by atoms with E-state index in [-0.39, 0.29) is 0 Å². The third-order valence-electron chi connectivity index (χ3n) is 3.28. The molecule has 0 spiro atoms. The minimum atomic E-state index is 0.330. The normalized spacial score (nSPS) is 22.3. The second kappa shape index (κ2) is 5.17. The Bertz CT molecular complexity index is 345. The van der Waals surface area contributed by atoms with Gasteiger partial charge in [0.1, 0.15) is 0 Å². The van der Waals surface area contributed by atoms with E-state index in [4.69, 9.17) is 17.3 Å². The first-order chi connectivity index (χ1) is 7.66. The SMILES string of the molecule is Cc1cccc(Cl)c1CN1CCC[C@H](N)C1. The van der Waals surface area contributed by atoms with Gasteiger partial charge in [0.2, 0.25) is 0 Å². The molecular weight excluding hydrogens is 220 g/mol. The van der Waals surface area contributed by atoms with Crippen LogP contribution in [0.15, 0.2) is 18.2 Å². The van der Waals surface area contributed by atoms with Crippen LogP contribution in [0, 0.1) is 6.92 Å². The van der Waals surface area contributed by atoms with Gasteiger partial charge < -0.3 is 5.73 Å². The zero-order valence-electron chi connectivity index (χ0n) is 9.75. The first-order valence-electron chi connectivity index (χ1n) is 5.89. The van der Waals surface area contributed by atoms with E-state index >= 15 is 0 Å². The summed E-state index contributed by atoms with van der Waals surface area (Å²) in [6.07, 6.45) is 2.35. The fourth-order valence-corrected chi connectivity index (χ4v) is 2.61. The van der Waals surface area contributed by atoms with E-state index in [0.29, 0.717) is 6.04 Å². The number of nitrogens with zero attached hydrogens (tertiary/aromatic N) is 1. The van der Waals surface area contributed by atoms with Gasteiger partial charge in [-0.2, -0.15) is 0 Å². The lowest BCUT2D eigenvalue weighted by Gasteiger charge is -2.31. The lowest BCUT2D eigenvalue weighted by molar-refractivity contribution is 0.201. The van der Waals surface area contributed by atoms with E-state index in [0.717, 1.165) is 31.1 Å². The zero-order valence-corrected chi connectivity index (χ0v) is 10.5. The van der Waals surface area contributed by atoms with Crippen molar-refractivity contribution in [3.05, 3.63) is 34.3 Å². The average molecular weight is 239 g/mol. The summed E-state index contributed by atoms with van der Waals surface area (Å²) in [6.45, 7) is 5.17. The Morgan fingerprint density at radius 2 is 2.31 bits per heavy atom. The summed E-state index contributed by atoms with van der Waals surface area (Å²) in [7, 11) is 0. The van der Waals surface area contributed by atoms with Crippen LogP contribution >= 0.6 is 11.6 Å². The summed E-state index contributed by atoms with van der Waals surface area (Å²) in [5.41, 5.74) is 8.50. The van der Waals surface area contributed by atoms with Crippen LogP contribution in [-0.4, -0.2) is 24.0 Å². The van der Waals surface area contributed by atoms with Crippen molar-refractivity contribution < 1.29 is 0 Å². The molecule has 3 heteroatoms. The van der Waals surface area contributed by atoms with Gasteiger partial charge in [-0.05, 0) is 43.5 Å². The van der Waals surface area contributed by atoms with Gasteiger partial charge in [-0.15, -0.1) is 0 Å². The topological polar surface area (TPSA) is 29.3 Å². The fourth-order valence-electron chi connectivity index (χ4n) is 2.33. The number of benzene rings is 1. The molecule has 2 nitrogen and oxygen atoms in total. The number of hydrogen-bond donors (Lipinski definition) is 1. The second-order valence-electron chi connectivity index (χ2n) is 4.67. The number of halogens is 1. The van der Waals surface area contributed by atoms with E-state index < -0.39 is 0 Å². The fraction of sp³-hybridized carbons (Fsp3) is 0.538. The molecule has 88 valence electrons. The van der Waals surface area contributed by atoms with Crippen molar-refractivity contribution in [3.8, 4) is 0 Å². The summed E-state index contributed by atoms with van der Waals surface area (Å²) >= 11 is 6.23. The quantitative estimate of drug-likeness (QED) is 0.858. The average Bonchev–Trinajstić information content (AvgIpc) is 2.24. The maximum absolute atomic E-state index is 6.23. The molecule has 0 saturated carbocycles. The third-order valence-corrected chi connectivity index (χ3v) is 3.63. The van der Waals surface area contributed by atoms with E-state index in [1.807, 2.05) is 12.1 Å². The Morgan fingerprint density at radius 3 is 3.00 bits per heavy atom. The van der Waals surface area contributed by atoms with Crippen molar-refractivity contribution in [1.29, 1.82) is 0 Å². The Morgan fingerprint density at radius 1 is 1.50 bits per heavy atom. The van der Waals surface area contributed by atoms with Crippen molar-refractivity contribution in [2.24, 2.45) is 5.73 Å². The molecule has 0 amide bonds. The molecule has 1 aromatic rings. The summed E-state index contributed by atoms with van der Waals surface area (Å²) in [5, 5.41) is 0.874. The minimum absolute atomic E-state index is 0.330. The Hall–Kier alpha value is -0.570. The highest BCUT2D eigenvalue weighted by molar-refractivity contribution is 6.31. The molecule has 1 fully saturated rings. The van der Waals surface area contributed by atoms with Gasteiger partial charge in [0.05, 0.1) is 0 Å². The molecule has 1 saturated heterocycles. The molecule has 1 aliphatic heterocycles. The molecule has 1 aromatic carbocycles. The summed E-state index contributed by atoms with van der Waals surface area (Å²) in [4.78, 5) is 2.41. The smallest absolute Gasteiger partial charge is 0.0453 e. The molecule has 16 heavy (non-hydrogen) atoms. The Balaban J connectivity index is 2.08. The van der Waals surface area contributed by atoms with Gasteiger partial charge in [0.25, 0.3) is 0 Å². The molecule has 1 heterocycles. The van der Waals surface area contributed by atoms with Crippen molar-refractivity contribution in [2.75, 3.05) is 13.1 Å². The highest BCUT2D eigenvalue weighted by atomic mass is 35.5. The number of piperidine rings is 1. The summed E-state index contributed by atoms with van der Waals surface area (Å²) < 4.78 is 0. The van der Waals surface area contributed by atoms with Crippen LogP contribution in [0.1, 0.15) is 24.0 Å². The Labute approximate surface area is 102 Å². The number of rotatable bonds is 2. The molecule has 0 aromatic heterocycles. The number of aryl methyl sites for hydroxylation is 1. The predicted molar refractivity (Wildman–Crippen MR) is 68.7 cm³/mol. The monoisotopic (exact) mass is 238 g/mol. The zero-order chi connectivity index (χ0) is 11.5. The molecule has 2 rings (SSSR count). The standard InChI is InChI=1S/C13H19ClN2/c1-10-4-2-6-13(14)12(10)9-16-7-3-5-11(15)8-16/h2,4,6,11H,3,5,7-9,15H2,1H3/t11-/m0/s1. The number of likely N-dealkylation sites (tertiary alicyclic amines) is 1. The highest BCUT2D eigenvalue weighted by Crippen LogP contribution is 2.22. The van der Waals surface area contributed by atoms with Crippen molar-refractivity contribution >= 4 is 11.6 Å². The molecular formula is C13H19ClN2. The molecule has 0 bridgehead atoms. The maximum atomic E-state index is 6.23. The predicted octanol–water partition coefficient (Wildman–Crippen LogP) is 2.57. The van der Waals surface area contributed by atoms with Crippen LogP contribution in [0.2, 0.25) is 5.02 Å². The van der Waals surface area contributed by atoms with Gasteiger partial charge in [-0.1, -0.05) is 23.7 Å². The van der Waals surface area contributed by atoms with E-state index in [9.17, 15) is 0 Å². The van der Waals surface area contributed by atoms with E-state index in [2.05, 4.69) is 17.9 Å². The maximum Gasteiger partial charge on any atom is 0.0453 e. The summed E-state index contributed by atoms with van der Waals surface area (Å²) in [6, 6.07) is 6.42. The van der Waals surface area contributed by atoms with Crippen LogP contribution < -0.4 is 5.73 Å². The minimum Gasteiger partial charge on any atom is -0.327 e. The summed E-state index contributed by atoms with van der Waals surface area (Å²) in [5.74, 6) is 0. The number of nitrogens with two attached hydrogens (primary N) is 1. The van der Waals surface area contributed by atoms with Crippen molar-refractivity contribution in [2.45, 2.75) is 32.4 Å². The molecule has 2 N–H and O–H groups in total. The largest absolute Gasteiger partial charge is 0.327 e. The van der Waals surface area contributed by atoms with Crippen LogP contribution in [-0.2, 0) is 6.54 Å². The lowest BCUT2D eigenvalue weighted by Crippen LogP contribution is -2.42. The molecule has 0 radical (unpaired) electrons. The van der Waals surface area contributed by atoms with Crippen molar-refractivity contribution in [3.63, 3.8) is 0 Å². The van der Waals surface area contributed by atoms with Gasteiger partial charge >= 0.3 is 0 Å². The Kier molecular flexibility index (Phi) is 3.85. The van der Waals surface area contributed by atoms with Crippen LogP contribution in [0.25, 0.3) is 0 Å². The molecule has 0 aliphatic carbocycles. The van der Waals surface area contributed by atoms with Crippen LogP contribution in [0.3, 0.4) is 0 Å². The van der Waals surface area contributed by atoms with Crippen molar-refractivity contribution in [1.82, 2.24) is 4.90 Å². The molecule has 1 aliphatic rings. The first kappa shape index (κ1) is 11.9. The van der Waals surface area contributed by atoms with Gasteiger partial charge in [-0.25, -0.2) is 0 Å². The van der Waals surface area contributed by atoms with Gasteiger partial charge in [0, 0.05) is 24.2 Å². The van der Waals surface area contributed by atoms with Crippen LogP contribution in [0.4, 0.5) is 0 Å². The molecule has 1 atom stereocenters.